The van der Waals surface area contributed by atoms with Crippen molar-refractivity contribution in [2.24, 2.45) is 0 Å². The summed E-state index contributed by atoms with van der Waals surface area (Å²) in [6, 6.07) is 9.86. The number of carbonyl (C=O) groups is 1. The van der Waals surface area contributed by atoms with Crippen LogP contribution in [0.15, 0.2) is 30.3 Å². The van der Waals surface area contributed by atoms with Crippen molar-refractivity contribution in [3.8, 4) is 0 Å². The molecule has 3 heteroatoms. The summed E-state index contributed by atoms with van der Waals surface area (Å²) in [4.78, 5) is 11.3. The number of hydrogen-bond acceptors (Lipinski definition) is 2. The van der Waals surface area contributed by atoms with Gasteiger partial charge >= 0.3 is 5.97 Å². The van der Waals surface area contributed by atoms with Crippen LogP contribution in [-0.2, 0) is 17.8 Å². The van der Waals surface area contributed by atoms with Gasteiger partial charge in [-0.15, -0.1) is 0 Å². The third kappa shape index (κ3) is 2.53. The molecule has 0 aromatic heterocycles. The van der Waals surface area contributed by atoms with Crippen LogP contribution in [0.3, 0.4) is 0 Å². The molecular formula is C19H21NO2. The number of aliphatic carboxylic acids is 1. The van der Waals surface area contributed by atoms with E-state index >= 15 is 0 Å². The number of carboxylic acids is 1. The van der Waals surface area contributed by atoms with Gasteiger partial charge in [-0.05, 0) is 60.6 Å². The van der Waals surface area contributed by atoms with Crippen molar-refractivity contribution in [3.63, 3.8) is 0 Å². The molecule has 3 nitrogen and oxygen atoms in total. The maximum absolute atomic E-state index is 11.3. The fourth-order valence-corrected chi connectivity index (χ4v) is 3.52. The molecule has 0 fully saturated rings. The van der Waals surface area contributed by atoms with Crippen molar-refractivity contribution in [2.75, 3.05) is 0 Å². The highest BCUT2D eigenvalue weighted by Crippen LogP contribution is 2.30. The van der Waals surface area contributed by atoms with Crippen molar-refractivity contribution < 1.29 is 9.90 Å². The van der Waals surface area contributed by atoms with Gasteiger partial charge in [0, 0.05) is 6.54 Å². The van der Waals surface area contributed by atoms with Crippen molar-refractivity contribution in [1.29, 1.82) is 0 Å². The summed E-state index contributed by atoms with van der Waals surface area (Å²) in [5, 5.41) is 12.4. The molecule has 0 bridgehead atoms. The van der Waals surface area contributed by atoms with Gasteiger partial charge in [-0.3, -0.25) is 10.1 Å². The Morgan fingerprint density at radius 3 is 2.55 bits per heavy atom. The second kappa shape index (κ2) is 5.58. The van der Waals surface area contributed by atoms with Crippen molar-refractivity contribution in [3.05, 3.63) is 69.3 Å². The van der Waals surface area contributed by atoms with Crippen molar-refractivity contribution >= 4 is 5.97 Å². The first-order valence-corrected chi connectivity index (χ1v) is 7.61. The fraction of sp³-hybridized carbons (Fsp3) is 0.316. The van der Waals surface area contributed by atoms with Gasteiger partial charge in [-0.2, -0.15) is 0 Å². The highest BCUT2D eigenvalue weighted by molar-refractivity contribution is 5.77. The number of rotatable bonds is 3. The van der Waals surface area contributed by atoms with Crippen molar-refractivity contribution in [1.82, 2.24) is 5.32 Å². The van der Waals surface area contributed by atoms with Gasteiger partial charge in [0.2, 0.25) is 0 Å². The van der Waals surface area contributed by atoms with E-state index in [1.54, 1.807) is 0 Å². The molecule has 114 valence electrons. The Hall–Kier alpha value is -2.13. The number of nitrogens with one attached hydrogen (secondary N) is 1. The topological polar surface area (TPSA) is 49.3 Å². The van der Waals surface area contributed by atoms with E-state index in [1.807, 2.05) is 12.1 Å². The number of fused-ring (bicyclic) bond motifs is 1. The Kier molecular flexibility index (Phi) is 3.75. The summed E-state index contributed by atoms with van der Waals surface area (Å²) in [7, 11) is 0. The molecule has 3 rings (SSSR count). The van der Waals surface area contributed by atoms with Crippen LogP contribution in [0, 0.1) is 20.8 Å². The van der Waals surface area contributed by atoms with E-state index in [-0.39, 0.29) is 0 Å². The minimum atomic E-state index is -0.807. The predicted octanol–water partition coefficient (Wildman–Crippen LogP) is 3.43. The Labute approximate surface area is 131 Å². The highest BCUT2D eigenvalue weighted by Gasteiger charge is 2.29. The Morgan fingerprint density at radius 1 is 1.23 bits per heavy atom. The average molecular weight is 295 g/mol. The molecule has 22 heavy (non-hydrogen) atoms. The van der Waals surface area contributed by atoms with Crippen LogP contribution >= 0.6 is 0 Å². The normalized spacial score (nSPS) is 16.6. The first kappa shape index (κ1) is 14.8. The molecule has 0 saturated carbocycles. The van der Waals surface area contributed by atoms with E-state index in [2.05, 4.69) is 44.3 Å². The van der Waals surface area contributed by atoms with E-state index < -0.39 is 12.0 Å². The summed E-state index contributed by atoms with van der Waals surface area (Å²) in [5.74, 6) is -0.807. The summed E-state index contributed by atoms with van der Waals surface area (Å²) in [5.41, 5.74) is 8.51. The van der Waals surface area contributed by atoms with Crippen LogP contribution in [0.25, 0.3) is 0 Å². The van der Waals surface area contributed by atoms with Gasteiger partial charge < -0.3 is 5.11 Å². The molecule has 1 unspecified atom stereocenters. The zero-order valence-corrected chi connectivity index (χ0v) is 13.2. The van der Waals surface area contributed by atoms with Crippen LogP contribution in [0.4, 0.5) is 0 Å². The molecule has 1 heterocycles. The number of aryl methyl sites for hydroxylation is 3. The second-order valence-electron chi connectivity index (χ2n) is 6.19. The first-order chi connectivity index (χ1) is 10.5. The molecule has 0 saturated heterocycles. The summed E-state index contributed by atoms with van der Waals surface area (Å²) in [6.45, 7) is 7.05. The molecule has 2 aromatic carbocycles. The van der Waals surface area contributed by atoms with E-state index in [4.69, 9.17) is 0 Å². The van der Waals surface area contributed by atoms with Gasteiger partial charge in [0.25, 0.3) is 0 Å². The van der Waals surface area contributed by atoms with Gasteiger partial charge in [0.15, 0.2) is 0 Å². The third-order valence-corrected chi connectivity index (χ3v) is 4.56. The first-order valence-electron chi connectivity index (χ1n) is 7.61. The Bertz CT molecular complexity index is 726. The third-order valence-electron chi connectivity index (χ3n) is 4.56. The minimum absolute atomic E-state index is 0.574. The SMILES string of the molecule is Cc1cc(C)c(Cc2cccc3c2CNC3C(=O)O)c(C)c1. The highest BCUT2D eigenvalue weighted by atomic mass is 16.4. The van der Waals surface area contributed by atoms with Crippen molar-refractivity contribution in [2.45, 2.75) is 39.8 Å². The summed E-state index contributed by atoms with van der Waals surface area (Å²) in [6.07, 6.45) is 0.856. The lowest BCUT2D eigenvalue weighted by molar-refractivity contribution is -0.139. The molecule has 0 spiro atoms. The number of hydrogen-bond donors (Lipinski definition) is 2. The zero-order valence-electron chi connectivity index (χ0n) is 13.2. The predicted molar refractivity (Wildman–Crippen MR) is 87.1 cm³/mol. The van der Waals surface area contributed by atoms with E-state index in [0.29, 0.717) is 6.54 Å². The summed E-state index contributed by atoms with van der Waals surface area (Å²) >= 11 is 0. The monoisotopic (exact) mass is 295 g/mol. The number of benzene rings is 2. The molecule has 0 radical (unpaired) electrons. The largest absolute Gasteiger partial charge is 0.480 e. The van der Waals surface area contributed by atoms with Gasteiger partial charge in [0.05, 0.1) is 0 Å². The van der Waals surface area contributed by atoms with Crippen LogP contribution in [-0.4, -0.2) is 11.1 Å². The summed E-state index contributed by atoms with van der Waals surface area (Å²) < 4.78 is 0. The zero-order chi connectivity index (χ0) is 15.9. The molecule has 2 N–H and O–H groups in total. The van der Waals surface area contributed by atoms with Crippen LogP contribution in [0.1, 0.15) is 45.0 Å². The van der Waals surface area contributed by atoms with Gasteiger partial charge in [0.1, 0.15) is 6.04 Å². The van der Waals surface area contributed by atoms with E-state index in [1.165, 1.54) is 27.8 Å². The molecule has 1 aliphatic heterocycles. The Morgan fingerprint density at radius 2 is 1.91 bits per heavy atom. The second-order valence-corrected chi connectivity index (χ2v) is 6.19. The average Bonchev–Trinajstić information content (AvgIpc) is 2.87. The number of carboxylic acid groups (broad SMARTS) is 1. The van der Waals surface area contributed by atoms with Crippen LogP contribution in [0.5, 0.6) is 0 Å². The van der Waals surface area contributed by atoms with E-state index in [9.17, 15) is 9.90 Å². The van der Waals surface area contributed by atoms with Gasteiger partial charge in [-0.25, -0.2) is 0 Å². The smallest absolute Gasteiger partial charge is 0.325 e. The standard InChI is InChI=1S/C19H21NO2/c1-11-7-12(2)16(13(3)8-11)9-14-5-4-6-15-17(14)10-20-18(15)19(21)22/h4-8,18,20H,9-10H2,1-3H3,(H,21,22). The molecular weight excluding hydrogens is 274 g/mol. The molecule has 1 aliphatic rings. The Balaban J connectivity index is 2.00. The maximum Gasteiger partial charge on any atom is 0.325 e. The maximum atomic E-state index is 11.3. The lowest BCUT2D eigenvalue weighted by Gasteiger charge is -2.14. The molecule has 0 aliphatic carbocycles. The molecule has 0 amide bonds. The molecule has 2 aromatic rings. The van der Waals surface area contributed by atoms with Gasteiger partial charge in [-0.1, -0.05) is 35.9 Å². The fourth-order valence-electron chi connectivity index (χ4n) is 3.52. The quantitative estimate of drug-likeness (QED) is 0.912. The lowest BCUT2D eigenvalue weighted by atomic mass is 9.90. The minimum Gasteiger partial charge on any atom is -0.480 e. The van der Waals surface area contributed by atoms with E-state index in [0.717, 1.165) is 17.5 Å². The lowest BCUT2D eigenvalue weighted by Crippen LogP contribution is -2.21. The van der Waals surface area contributed by atoms with Crippen LogP contribution in [0.2, 0.25) is 0 Å². The van der Waals surface area contributed by atoms with Crippen LogP contribution < -0.4 is 5.32 Å². The molecule has 1 atom stereocenters.